The Morgan fingerprint density at radius 3 is 2.31 bits per heavy atom. The summed E-state index contributed by atoms with van der Waals surface area (Å²) < 4.78 is 45.1. The van der Waals surface area contributed by atoms with Gasteiger partial charge in [-0.3, -0.25) is 9.59 Å². The molecule has 4 heterocycles. The summed E-state index contributed by atoms with van der Waals surface area (Å²) in [7, 11) is 0. The van der Waals surface area contributed by atoms with Crippen molar-refractivity contribution in [3.63, 3.8) is 0 Å². The Balaban J connectivity index is 1.34. The number of anilines is 1. The molecule has 1 amide bonds. The van der Waals surface area contributed by atoms with Gasteiger partial charge in [0.2, 0.25) is 5.91 Å². The minimum atomic E-state index is -4.65. The van der Waals surface area contributed by atoms with E-state index in [0.29, 0.717) is 68.8 Å². The quantitative estimate of drug-likeness (QED) is 0.654. The molecule has 0 spiro atoms. The van der Waals surface area contributed by atoms with Crippen molar-refractivity contribution in [2.24, 2.45) is 11.8 Å². The number of amides is 1. The molecule has 12 heteroatoms. The number of hydrogen-bond acceptors (Lipinski definition) is 7. The summed E-state index contributed by atoms with van der Waals surface area (Å²) in [6.07, 6.45) is -2.26. The monoisotopic (exact) mass is 454 g/mol. The normalized spacial score (nSPS) is 18.9. The maximum absolute atomic E-state index is 13.1. The van der Waals surface area contributed by atoms with Crippen molar-refractivity contribution in [3.8, 4) is 0 Å². The van der Waals surface area contributed by atoms with E-state index in [1.807, 2.05) is 9.80 Å². The number of nitrogens with zero attached hydrogens (tertiary/aromatic N) is 6. The zero-order valence-electron chi connectivity index (χ0n) is 17.7. The van der Waals surface area contributed by atoms with E-state index in [1.54, 1.807) is 13.0 Å². The van der Waals surface area contributed by atoms with Crippen molar-refractivity contribution >= 4 is 23.3 Å². The van der Waals surface area contributed by atoms with Gasteiger partial charge in [0.05, 0.1) is 12.5 Å². The molecule has 2 aromatic rings. The molecule has 9 nitrogen and oxygen atoms in total. The van der Waals surface area contributed by atoms with Crippen molar-refractivity contribution < 1.29 is 27.5 Å². The van der Waals surface area contributed by atoms with Crippen LogP contribution >= 0.6 is 0 Å². The molecule has 2 aliphatic rings. The van der Waals surface area contributed by atoms with Crippen LogP contribution in [0.15, 0.2) is 12.1 Å². The summed E-state index contributed by atoms with van der Waals surface area (Å²) in [6, 6.07) is 3.07. The number of carbonyl (C=O) groups is 2. The van der Waals surface area contributed by atoms with E-state index < -0.39 is 12.0 Å². The van der Waals surface area contributed by atoms with Gasteiger partial charge in [0.15, 0.2) is 5.65 Å². The van der Waals surface area contributed by atoms with Crippen molar-refractivity contribution in [2.45, 2.75) is 38.8 Å². The highest BCUT2D eigenvalue weighted by Gasteiger charge is 2.38. The molecule has 0 aliphatic carbocycles. The largest absolute Gasteiger partial charge is 0.466 e. The number of piperidine rings is 2. The Kier molecular flexibility index (Phi) is 6.20. The summed E-state index contributed by atoms with van der Waals surface area (Å²) in [6.45, 7) is 4.23. The number of alkyl halides is 3. The molecular formula is C20H25F3N6O3. The number of ether oxygens (including phenoxy) is 1. The topological polar surface area (TPSA) is 92.9 Å². The van der Waals surface area contributed by atoms with Gasteiger partial charge in [0.25, 0.3) is 5.82 Å². The molecule has 2 aromatic heterocycles. The number of halogens is 3. The number of esters is 1. The van der Waals surface area contributed by atoms with E-state index in [2.05, 4.69) is 15.3 Å². The van der Waals surface area contributed by atoms with Gasteiger partial charge in [-0.15, -0.1) is 15.3 Å². The van der Waals surface area contributed by atoms with Crippen molar-refractivity contribution in [1.29, 1.82) is 0 Å². The van der Waals surface area contributed by atoms with Gasteiger partial charge in [0, 0.05) is 32.1 Å². The third kappa shape index (κ3) is 4.49. The average Bonchev–Trinajstić information content (AvgIpc) is 3.23. The minimum Gasteiger partial charge on any atom is -0.466 e. The zero-order valence-corrected chi connectivity index (χ0v) is 17.7. The molecule has 2 saturated heterocycles. The van der Waals surface area contributed by atoms with Crippen LogP contribution in [0.1, 0.15) is 38.4 Å². The lowest BCUT2D eigenvalue weighted by Gasteiger charge is -2.37. The minimum absolute atomic E-state index is 0.0253. The van der Waals surface area contributed by atoms with E-state index in [0.717, 1.165) is 0 Å². The van der Waals surface area contributed by atoms with Gasteiger partial charge < -0.3 is 14.5 Å². The Hall–Kier alpha value is -2.92. The molecule has 0 bridgehead atoms. The second kappa shape index (κ2) is 8.91. The first kappa shape index (κ1) is 22.3. The van der Waals surface area contributed by atoms with Gasteiger partial charge in [0.1, 0.15) is 5.82 Å². The Labute approximate surface area is 182 Å². The van der Waals surface area contributed by atoms with Gasteiger partial charge >= 0.3 is 12.1 Å². The number of likely N-dealkylation sites (tertiary alicyclic amines) is 1. The molecule has 0 radical (unpaired) electrons. The van der Waals surface area contributed by atoms with Crippen LogP contribution in [0.4, 0.5) is 19.0 Å². The molecule has 32 heavy (non-hydrogen) atoms. The second-order valence-electron chi connectivity index (χ2n) is 8.10. The van der Waals surface area contributed by atoms with E-state index in [-0.39, 0.29) is 29.4 Å². The molecule has 0 atom stereocenters. The number of rotatable bonds is 4. The summed E-state index contributed by atoms with van der Waals surface area (Å²) in [4.78, 5) is 28.5. The van der Waals surface area contributed by atoms with Crippen LogP contribution in [0, 0.1) is 11.8 Å². The molecule has 174 valence electrons. The third-order valence-corrected chi connectivity index (χ3v) is 6.10. The average molecular weight is 454 g/mol. The van der Waals surface area contributed by atoms with Crippen LogP contribution in [-0.4, -0.2) is 69.4 Å². The van der Waals surface area contributed by atoms with Crippen LogP contribution in [0.5, 0.6) is 0 Å². The highest BCUT2D eigenvalue weighted by Crippen LogP contribution is 2.29. The number of hydrogen-bond donors (Lipinski definition) is 0. The second-order valence-corrected chi connectivity index (χ2v) is 8.10. The van der Waals surface area contributed by atoms with Gasteiger partial charge in [-0.1, -0.05) is 0 Å². The summed E-state index contributed by atoms with van der Waals surface area (Å²) in [5.74, 6) is -1.18. The summed E-state index contributed by atoms with van der Waals surface area (Å²) >= 11 is 0. The van der Waals surface area contributed by atoms with E-state index in [1.165, 1.54) is 6.07 Å². The molecule has 0 saturated carbocycles. The first-order valence-electron chi connectivity index (χ1n) is 10.8. The highest BCUT2D eigenvalue weighted by atomic mass is 19.4. The van der Waals surface area contributed by atoms with Crippen LogP contribution in [0.3, 0.4) is 0 Å². The van der Waals surface area contributed by atoms with E-state index in [4.69, 9.17) is 4.74 Å². The van der Waals surface area contributed by atoms with Gasteiger partial charge in [-0.2, -0.15) is 17.7 Å². The fourth-order valence-corrected chi connectivity index (χ4v) is 4.33. The summed E-state index contributed by atoms with van der Waals surface area (Å²) in [5.41, 5.74) is 0.0253. The number of carbonyl (C=O) groups excluding carboxylic acids is 2. The predicted molar refractivity (Wildman–Crippen MR) is 107 cm³/mol. The standard InChI is InChI=1S/C20H25F3N6O3/c1-2-32-18(31)14-7-11-28(12-8-14)17(30)13-5-9-27(10-6-13)16-4-3-15-24-25-19(20(21,22)23)29(15)26-16/h3-4,13-14H,2,5-12H2,1H3. The van der Waals surface area contributed by atoms with Gasteiger partial charge in [-0.05, 0) is 44.7 Å². The Morgan fingerprint density at radius 2 is 1.69 bits per heavy atom. The SMILES string of the molecule is CCOC(=O)C1CCN(C(=O)C2CCN(c3ccc4nnc(C(F)(F)F)n4n3)CC2)CC1. The highest BCUT2D eigenvalue weighted by molar-refractivity contribution is 5.80. The molecule has 0 aromatic carbocycles. The molecule has 0 unspecified atom stereocenters. The lowest BCUT2D eigenvalue weighted by atomic mass is 9.92. The van der Waals surface area contributed by atoms with Crippen LogP contribution in [0.2, 0.25) is 0 Å². The Bertz CT molecular complexity index is 979. The molecule has 2 aliphatic heterocycles. The lowest BCUT2D eigenvalue weighted by molar-refractivity contribution is -0.152. The first-order chi connectivity index (χ1) is 15.3. The number of fused-ring (bicyclic) bond motifs is 1. The third-order valence-electron chi connectivity index (χ3n) is 6.10. The maximum Gasteiger partial charge on any atom is 0.453 e. The molecule has 4 rings (SSSR count). The van der Waals surface area contributed by atoms with E-state index >= 15 is 0 Å². The number of aromatic nitrogens is 4. The summed E-state index contributed by atoms with van der Waals surface area (Å²) in [5, 5.41) is 10.8. The fraction of sp³-hybridized carbons (Fsp3) is 0.650. The predicted octanol–water partition coefficient (Wildman–Crippen LogP) is 2.16. The van der Waals surface area contributed by atoms with Crippen LogP contribution < -0.4 is 4.90 Å². The van der Waals surface area contributed by atoms with Gasteiger partial charge in [-0.25, -0.2) is 0 Å². The van der Waals surface area contributed by atoms with E-state index in [9.17, 15) is 22.8 Å². The van der Waals surface area contributed by atoms with Crippen molar-refractivity contribution in [3.05, 3.63) is 18.0 Å². The van der Waals surface area contributed by atoms with Crippen molar-refractivity contribution in [1.82, 2.24) is 24.7 Å². The zero-order chi connectivity index (χ0) is 22.9. The first-order valence-corrected chi connectivity index (χ1v) is 10.8. The Morgan fingerprint density at radius 1 is 1.03 bits per heavy atom. The van der Waals surface area contributed by atoms with Crippen molar-refractivity contribution in [2.75, 3.05) is 37.7 Å². The maximum atomic E-state index is 13.1. The van der Waals surface area contributed by atoms with Crippen LogP contribution in [-0.2, 0) is 20.5 Å². The smallest absolute Gasteiger partial charge is 0.453 e. The fourth-order valence-electron chi connectivity index (χ4n) is 4.33. The lowest BCUT2D eigenvalue weighted by Crippen LogP contribution is -2.46. The molecule has 2 fully saturated rings. The molecular weight excluding hydrogens is 429 g/mol. The molecule has 0 N–H and O–H groups in total. The van der Waals surface area contributed by atoms with Crippen LogP contribution in [0.25, 0.3) is 5.65 Å².